The summed E-state index contributed by atoms with van der Waals surface area (Å²) in [4.78, 5) is 2.09. The van der Waals surface area contributed by atoms with Gasteiger partial charge in [-0.05, 0) is 31.2 Å². The molecule has 0 bridgehead atoms. The molecule has 0 fully saturated rings. The van der Waals surface area contributed by atoms with E-state index in [9.17, 15) is 0 Å². The third kappa shape index (κ3) is 3.14. The molecule has 18 heavy (non-hydrogen) atoms. The van der Waals surface area contributed by atoms with Crippen LogP contribution in [0.2, 0.25) is 0 Å². The van der Waals surface area contributed by atoms with Crippen molar-refractivity contribution in [2.75, 3.05) is 11.9 Å². The van der Waals surface area contributed by atoms with Gasteiger partial charge in [-0.3, -0.25) is 0 Å². The zero-order chi connectivity index (χ0) is 12.8. The summed E-state index contributed by atoms with van der Waals surface area (Å²) >= 11 is 0. The average Bonchev–Trinajstić information content (AvgIpc) is 2.46. The van der Waals surface area contributed by atoms with Gasteiger partial charge in [0.2, 0.25) is 0 Å². The highest BCUT2D eigenvalue weighted by Gasteiger charge is 2.01. The van der Waals surface area contributed by atoms with Gasteiger partial charge in [0.1, 0.15) is 12.0 Å². The quantitative estimate of drug-likeness (QED) is 0.746. The SMILES string of the molecule is C/C(=C\Oc1ccccc1)N(C)c1ccccc1. The molecule has 0 amide bonds. The Balaban J connectivity index is 2.05. The van der Waals surface area contributed by atoms with E-state index in [4.69, 9.17) is 4.74 Å². The number of nitrogens with zero attached hydrogens (tertiary/aromatic N) is 1. The lowest BCUT2D eigenvalue weighted by Gasteiger charge is -2.19. The molecule has 2 rings (SSSR count). The zero-order valence-corrected chi connectivity index (χ0v) is 10.7. The van der Waals surface area contributed by atoms with Crippen molar-refractivity contribution in [1.82, 2.24) is 0 Å². The molecule has 0 aliphatic heterocycles. The van der Waals surface area contributed by atoms with E-state index in [2.05, 4.69) is 17.0 Å². The van der Waals surface area contributed by atoms with Crippen molar-refractivity contribution in [1.29, 1.82) is 0 Å². The lowest BCUT2D eigenvalue weighted by Crippen LogP contribution is -2.14. The van der Waals surface area contributed by atoms with E-state index in [-0.39, 0.29) is 0 Å². The van der Waals surface area contributed by atoms with Crippen LogP contribution in [0.3, 0.4) is 0 Å². The van der Waals surface area contributed by atoms with Crippen molar-refractivity contribution in [3.63, 3.8) is 0 Å². The first-order valence-electron chi connectivity index (χ1n) is 5.94. The highest BCUT2D eigenvalue weighted by Crippen LogP contribution is 2.17. The summed E-state index contributed by atoms with van der Waals surface area (Å²) < 4.78 is 5.61. The standard InChI is InChI=1S/C16H17NO/c1-14(13-18-16-11-7-4-8-12-16)17(2)15-9-5-3-6-10-15/h3-13H,1-2H3/b14-13+. The number of benzene rings is 2. The van der Waals surface area contributed by atoms with Gasteiger partial charge in [-0.15, -0.1) is 0 Å². The fourth-order valence-electron chi connectivity index (χ4n) is 1.59. The first-order chi connectivity index (χ1) is 8.77. The van der Waals surface area contributed by atoms with Crippen molar-refractivity contribution in [3.05, 3.63) is 72.6 Å². The van der Waals surface area contributed by atoms with Crippen LogP contribution >= 0.6 is 0 Å². The minimum Gasteiger partial charge on any atom is -0.463 e. The molecule has 0 aromatic heterocycles. The molecule has 0 aliphatic rings. The van der Waals surface area contributed by atoms with E-state index in [0.717, 1.165) is 17.1 Å². The van der Waals surface area contributed by atoms with Crippen molar-refractivity contribution < 1.29 is 4.74 Å². The zero-order valence-electron chi connectivity index (χ0n) is 10.7. The maximum Gasteiger partial charge on any atom is 0.126 e. The van der Waals surface area contributed by atoms with Crippen LogP contribution in [0, 0.1) is 0 Å². The fraction of sp³-hybridized carbons (Fsp3) is 0.125. The largest absolute Gasteiger partial charge is 0.463 e. The molecule has 92 valence electrons. The Kier molecular flexibility index (Phi) is 4.02. The molecule has 0 N–H and O–H groups in total. The maximum atomic E-state index is 5.61. The maximum absolute atomic E-state index is 5.61. The molecule has 0 atom stereocenters. The van der Waals surface area contributed by atoms with Crippen LogP contribution < -0.4 is 9.64 Å². The third-order valence-electron chi connectivity index (χ3n) is 2.78. The van der Waals surface area contributed by atoms with Gasteiger partial charge in [0.05, 0.1) is 5.70 Å². The van der Waals surface area contributed by atoms with E-state index in [1.165, 1.54) is 0 Å². The Bertz CT molecular complexity index is 505. The highest BCUT2D eigenvalue weighted by molar-refractivity contribution is 5.50. The van der Waals surface area contributed by atoms with E-state index >= 15 is 0 Å². The van der Waals surface area contributed by atoms with Gasteiger partial charge in [0, 0.05) is 12.7 Å². The van der Waals surface area contributed by atoms with E-state index in [1.54, 1.807) is 6.26 Å². The van der Waals surface area contributed by atoms with Crippen molar-refractivity contribution in [2.24, 2.45) is 0 Å². The second-order valence-corrected chi connectivity index (χ2v) is 4.08. The molecule has 0 saturated carbocycles. The van der Waals surface area contributed by atoms with Gasteiger partial charge >= 0.3 is 0 Å². The van der Waals surface area contributed by atoms with Gasteiger partial charge in [-0.1, -0.05) is 36.4 Å². The summed E-state index contributed by atoms with van der Waals surface area (Å²) in [5.74, 6) is 0.846. The van der Waals surface area contributed by atoms with E-state index in [0.29, 0.717) is 0 Å². The Morgan fingerprint density at radius 3 is 2.11 bits per heavy atom. The summed E-state index contributed by atoms with van der Waals surface area (Å²) in [7, 11) is 2.02. The van der Waals surface area contributed by atoms with Crippen LogP contribution in [0.25, 0.3) is 0 Å². The number of ether oxygens (including phenoxy) is 1. The lowest BCUT2D eigenvalue weighted by atomic mass is 10.3. The van der Waals surface area contributed by atoms with Crippen LogP contribution in [-0.4, -0.2) is 7.05 Å². The number of anilines is 1. The number of hydrogen-bond acceptors (Lipinski definition) is 2. The molecule has 2 aromatic rings. The molecule has 0 heterocycles. The summed E-state index contributed by atoms with van der Waals surface area (Å²) in [6, 6.07) is 20.0. The summed E-state index contributed by atoms with van der Waals surface area (Å²) in [5.41, 5.74) is 2.19. The van der Waals surface area contributed by atoms with Crippen LogP contribution in [0.15, 0.2) is 72.6 Å². The Morgan fingerprint density at radius 1 is 0.944 bits per heavy atom. The molecular formula is C16H17NO. The predicted molar refractivity (Wildman–Crippen MR) is 75.7 cm³/mol. The van der Waals surface area contributed by atoms with Gasteiger partial charge in [0.25, 0.3) is 0 Å². The fourth-order valence-corrected chi connectivity index (χ4v) is 1.59. The normalized spacial score (nSPS) is 11.1. The molecule has 0 spiro atoms. The predicted octanol–water partition coefficient (Wildman–Crippen LogP) is 4.06. The number of rotatable bonds is 4. The monoisotopic (exact) mass is 239 g/mol. The molecule has 2 aromatic carbocycles. The Morgan fingerprint density at radius 2 is 1.50 bits per heavy atom. The second kappa shape index (κ2) is 5.92. The Labute approximate surface area is 108 Å². The smallest absolute Gasteiger partial charge is 0.126 e. The summed E-state index contributed by atoms with van der Waals surface area (Å²) in [6.45, 7) is 2.02. The molecule has 2 nitrogen and oxygen atoms in total. The van der Waals surface area contributed by atoms with Gasteiger partial charge in [0.15, 0.2) is 0 Å². The summed E-state index contributed by atoms with van der Waals surface area (Å²) in [6.07, 6.45) is 1.77. The highest BCUT2D eigenvalue weighted by atomic mass is 16.5. The average molecular weight is 239 g/mol. The van der Waals surface area contributed by atoms with Crippen LogP contribution in [0.5, 0.6) is 5.75 Å². The second-order valence-electron chi connectivity index (χ2n) is 4.08. The van der Waals surface area contributed by atoms with E-state index < -0.39 is 0 Å². The molecular weight excluding hydrogens is 222 g/mol. The molecule has 0 saturated heterocycles. The molecule has 2 heteroatoms. The van der Waals surface area contributed by atoms with Gasteiger partial charge in [-0.25, -0.2) is 0 Å². The van der Waals surface area contributed by atoms with Gasteiger partial charge < -0.3 is 9.64 Å². The summed E-state index contributed by atoms with van der Waals surface area (Å²) in [5, 5.41) is 0. The van der Waals surface area contributed by atoms with Crippen molar-refractivity contribution in [3.8, 4) is 5.75 Å². The lowest BCUT2D eigenvalue weighted by molar-refractivity contribution is 0.474. The van der Waals surface area contributed by atoms with Crippen molar-refractivity contribution in [2.45, 2.75) is 6.92 Å². The van der Waals surface area contributed by atoms with Crippen molar-refractivity contribution >= 4 is 5.69 Å². The van der Waals surface area contributed by atoms with Gasteiger partial charge in [-0.2, -0.15) is 0 Å². The molecule has 0 radical (unpaired) electrons. The minimum absolute atomic E-state index is 0.846. The van der Waals surface area contributed by atoms with Crippen LogP contribution in [-0.2, 0) is 0 Å². The van der Waals surface area contributed by atoms with Crippen LogP contribution in [0.1, 0.15) is 6.92 Å². The van der Waals surface area contributed by atoms with E-state index in [1.807, 2.05) is 62.5 Å². The molecule has 0 unspecified atom stereocenters. The topological polar surface area (TPSA) is 12.5 Å². The molecule has 0 aliphatic carbocycles. The number of hydrogen-bond donors (Lipinski definition) is 0. The number of para-hydroxylation sites is 2. The minimum atomic E-state index is 0.846. The third-order valence-corrected chi connectivity index (χ3v) is 2.78. The number of allylic oxidation sites excluding steroid dienone is 1. The van der Waals surface area contributed by atoms with Crippen LogP contribution in [0.4, 0.5) is 5.69 Å². The first kappa shape index (κ1) is 12.2. The Hall–Kier alpha value is -2.22. The first-order valence-corrected chi connectivity index (χ1v) is 5.94.